The summed E-state index contributed by atoms with van der Waals surface area (Å²) in [5.74, 6) is -1.21. The van der Waals surface area contributed by atoms with Crippen molar-refractivity contribution >= 4 is 21.6 Å². The minimum Gasteiger partial charge on any atom is -0.380 e. The Labute approximate surface area is 115 Å². The Balaban J connectivity index is 2.76. The number of hydrogen-bond donors (Lipinski definition) is 1. The number of rotatable bonds is 5. The van der Waals surface area contributed by atoms with E-state index in [0.29, 0.717) is 6.42 Å². The van der Waals surface area contributed by atoms with Gasteiger partial charge in [-0.05, 0) is 49.2 Å². The Morgan fingerprint density at radius 3 is 2.50 bits per heavy atom. The van der Waals surface area contributed by atoms with Crippen molar-refractivity contribution in [2.45, 2.75) is 38.8 Å². The molecule has 0 saturated heterocycles. The lowest BCUT2D eigenvalue weighted by molar-refractivity contribution is 0.0127. The van der Waals surface area contributed by atoms with Crippen molar-refractivity contribution in [3.05, 3.63) is 28.2 Å². The lowest BCUT2D eigenvalue weighted by Crippen LogP contribution is -2.31. The summed E-state index contributed by atoms with van der Waals surface area (Å²) in [5.41, 5.74) is -0.0113. The van der Waals surface area contributed by atoms with Crippen LogP contribution in [0.15, 0.2) is 16.6 Å². The van der Waals surface area contributed by atoms with E-state index < -0.39 is 11.6 Å². The Morgan fingerprint density at radius 1 is 1.33 bits per heavy atom. The van der Waals surface area contributed by atoms with E-state index in [9.17, 15) is 8.78 Å². The van der Waals surface area contributed by atoms with E-state index in [1.165, 1.54) is 6.07 Å². The Kier molecular flexibility index (Phi) is 5.10. The standard InChI is InChI=1S/C13H18BrF2NO/c1-8(7-13(2,3)18-4)17-12-5-9(14)10(15)6-11(12)16/h5-6,8,17H,7H2,1-4H3. The molecule has 1 unspecified atom stereocenters. The highest BCUT2D eigenvalue weighted by Crippen LogP contribution is 2.25. The summed E-state index contributed by atoms with van der Waals surface area (Å²) >= 11 is 3.04. The van der Waals surface area contributed by atoms with E-state index >= 15 is 0 Å². The van der Waals surface area contributed by atoms with E-state index in [1.807, 2.05) is 20.8 Å². The molecule has 102 valence electrons. The zero-order chi connectivity index (χ0) is 13.9. The highest BCUT2D eigenvalue weighted by Gasteiger charge is 2.21. The average molecular weight is 322 g/mol. The molecule has 0 bridgehead atoms. The molecule has 1 aromatic carbocycles. The quantitative estimate of drug-likeness (QED) is 0.814. The van der Waals surface area contributed by atoms with Crippen LogP contribution in [0.5, 0.6) is 0 Å². The molecule has 0 amide bonds. The summed E-state index contributed by atoms with van der Waals surface area (Å²) in [4.78, 5) is 0. The summed E-state index contributed by atoms with van der Waals surface area (Å²) in [6.45, 7) is 5.85. The largest absolute Gasteiger partial charge is 0.380 e. The molecule has 0 fully saturated rings. The SMILES string of the molecule is COC(C)(C)CC(C)Nc1cc(Br)c(F)cc1F. The minimum absolute atomic E-state index is 0.00631. The number of halogens is 3. The minimum atomic E-state index is -0.608. The van der Waals surface area contributed by atoms with Gasteiger partial charge in [-0.15, -0.1) is 0 Å². The van der Waals surface area contributed by atoms with Gasteiger partial charge in [0, 0.05) is 19.2 Å². The maximum Gasteiger partial charge on any atom is 0.149 e. The number of ether oxygens (including phenoxy) is 1. The number of nitrogens with one attached hydrogen (secondary N) is 1. The fourth-order valence-corrected chi connectivity index (χ4v) is 2.11. The molecule has 0 aliphatic heterocycles. The van der Waals surface area contributed by atoms with E-state index in [0.717, 1.165) is 6.07 Å². The second-order valence-corrected chi connectivity index (χ2v) is 5.81. The maximum atomic E-state index is 13.6. The molecule has 0 radical (unpaired) electrons. The Hall–Kier alpha value is -0.680. The van der Waals surface area contributed by atoms with Crippen molar-refractivity contribution < 1.29 is 13.5 Å². The predicted octanol–water partition coefficient (Wildman–Crippen LogP) is 4.34. The van der Waals surface area contributed by atoms with Gasteiger partial charge < -0.3 is 10.1 Å². The van der Waals surface area contributed by atoms with E-state index in [-0.39, 0.29) is 21.8 Å². The fraction of sp³-hybridized carbons (Fsp3) is 0.538. The summed E-state index contributed by atoms with van der Waals surface area (Å²) in [6.07, 6.45) is 0.706. The van der Waals surface area contributed by atoms with Gasteiger partial charge in [0.05, 0.1) is 15.8 Å². The molecule has 1 aromatic rings. The Bertz CT molecular complexity index is 424. The van der Waals surface area contributed by atoms with Crippen molar-refractivity contribution in [2.24, 2.45) is 0 Å². The second-order valence-electron chi connectivity index (χ2n) is 4.96. The molecule has 0 aliphatic carbocycles. The molecule has 0 aliphatic rings. The zero-order valence-electron chi connectivity index (χ0n) is 11.0. The highest BCUT2D eigenvalue weighted by atomic mass is 79.9. The Morgan fingerprint density at radius 2 is 1.94 bits per heavy atom. The summed E-state index contributed by atoms with van der Waals surface area (Å²) < 4.78 is 32.2. The van der Waals surface area contributed by atoms with Gasteiger partial charge in [-0.25, -0.2) is 8.78 Å². The van der Waals surface area contributed by atoms with E-state index in [2.05, 4.69) is 21.2 Å². The first-order valence-electron chi connectivity index (χ1n) is 5.71. The molecule has 0 spiro atoms. The molecule has 0 saturated carbocycles. The van der Waals surface area contributed by atoms with E-state index in [4.69, 9.17) is 4.74 Å². The average Bonchev–Trinajstić information content (AvgIpc) is 2.25. The third-order valence-electron chi connectivity index (χ3n) is 2.76. The molecule has 18 heavy (non-hydrogen) atoms. The summed E-state index contributed by atoms with van der Waals surface area (Å²) in [7, 11) is 1.64. The second kappa shape index (κ2) is 5.97. The van der Waals surface area contributed by atoms with Gasteiger partial charge in [0.2, 0.25) is 0 Å². The van der Waals surface area contributed by atoms with Crippen LogP contribution in [-0.2, 0) is 4.74 Å². The van der Waals surface area contributed by atoms with Gasteiger partial charge in [-0.2, -0.15) is 0 Å². The summed E-state index contributed by atoms with van der Waals surface area (Å²) in [6, 6.07) is 2.27. The van der Waals surface area contributed by atoms with Crippen molar-refractivity contribution in [3.8, 4) is 0 Å². The normalized spacial score (nSPS) is 13.5. The number of anilines is 1. The van der Waals surface area contributed by atoms with Gasteiger partial charge in [-0.3, -0.25) is 0 Å². The van der Waals surface area contributed by atoms with Gasteiger partial charge in [-0.1, -0.05) is 0 Å². The smallest absolute Gasteiger partial charge is 0.149 e. The van der Waals surface area contributed by atoms with Gasteiger partial charge >= 0.3 is 0 Å². The number of hydrogen-bond acceptors (Lipinski definition) is 2. The van der Waals surface area contributed by atoms with Crippen LogP contribution in [0.1, 0.15) is 27.2 Å². The lowest BCUT2D eigenvalue weighted by Gasteiger charge is -2.27. The van der Waals surface area contributed by atoms with Gasteiger partial charge in [0.1, 0.15) is 11.6 Å². The maximum absolute atomic E-state index is 13.6. The first-order chi connectivity index (χ1) is 8.25. The van der Waals surface area contributed by atoms with E-state index in [1.54, 1.807) is 7.11 Å². The first-order valence-corrected chi connectivity index (χ1v) is 6.50. The van der Waals surface area contributed by atoms with Crippen LogP contribution < -0.4 is 5.32 Å². The molecular weight excluding hydrogens is 304 g/mol. The molecule has 1 N–H and O–H groups in total. The first kappa shape index (κ1) is 15.4. The van der Waals surface area contributed by atoms with Crippen LogP contribution in [0.2, 0.25) is 0 Å². The van der Waals surface area contributed by atoms with Crippen LogP contribution >= 0.6 is 15.9 Å². The molecule has 2 nitrogen and oxygen atoms in total. The molecular formula is C13H18BrF2NO. The third-order valence-corrected chi connectivity index (χ3v) is 3.37. The van der Waals surface area contributed by atoms with Crippen LogP contribution in [-0.4, -0.2) is 18.8 Å². The third kappa shape index (κ3) is 4.21. The number of methoxy groups -OCH3 is 1. The van der Waals surface area contributed by atoms with Crippen LogP contribution in [0.3, 0.4) is 0 Å². The molecule has 0 heterocycles. The van der Waals surface area contributed by atoms with Crippen molar-refractivity contribution in [2.75, 3.05) is 12.4 Å². The van der Waals surface area contributed by atoms with Crippen molar-refractivity contribution in [1.82, 2.24) is 0 Å². The highest BCUT2D eigenvalue weighted by molar-refractivity contribution is 9.10. The molecule has 0 aromatic heterocycles. The van der Waals surface area contributed by atoms with Crippen LogP contribution in [0.4, 0.5) is 14.5 Å². The summed E-state index contributed by atoms with van der Waals surface area (Å²) in [5, 5.41) is 3.02. The van der Waals surface area contributed by atoms with Crippen molar-refractivity contribution in [1.29, 1.82) is 0 Å². The van der Waals surface area contributed by atoms with Gasteiger partial charge in [0.25, 0.3) is 0 Å². The molecule has 5 heteroatoms. The molecule has 1 rings (SSSR count). The van der Waals surface area contributed by atoms with Crippen LogP contribution in [0.25, 0.3) is 0 Å². The van der Waals surface area contributed by atoms with Crippen LogP contribution in [0, 0.1) is 11.6 Å². The number of benzene rings is 1. The zero-order valence-corrected chi connectivity index (χ0v) is 12.6. The lowest BCUT2D eigenvalue weighted by atomic mass is 9.99. The molecule has 1 atom stereocenters. The van der Waals surface area contributed by atoms with Gasteiger partial charge in [0.15, 0.2) is 0 Å². The monoisotopic (exact) mass is 321 g/mol. The fourth-order valence-electron chi connectivity index (χ4n) is 1.77. The topological polar surface area (TPSA) is 21.3 Å². The predicted molar refractivity (Wildman–Crippen MR) is 72.8 cm³/mol. The van der Waals surface area contributed by atoms with Crippen molar-refractivity contribution in [3.63, 3.8) is 0 Å².